The third-order valence-electron chi connectivity index (χ3n) is 5.07. The first-order valence-corrected chi connectivity index (χ1v) is 10.2. The molecule has 6 nitrogen and oxygen atoms in total. The Balaban J connectivity index is 1.33. The van der Waals surface area contributed by atoms with E-state index in [1.54, 1.807) is 11.8 Å². The second-order valence-corrected chi connectivity index (χ2v) is 7.83. The van der Waals surface area contributed by atoms with Gasteiger partial charge in [0.05, 0.1) is 18.0 Å². The number of hydrogen-bond donors (Lipinski definition) is 1. The second-order valence-electron chi connectivity index (χ2n) is 6.86. The number of hydrogen-bond acceptors (Lipinski definition) is 6. The van der Waals surface area contributed by atoms with Gasteiger partial charge in [0.25, 0.3) is 0 Å². The van der Waals surface area contributed by atoms with Crippen LogP contribution in [-0.2, 0) is 12.3 Å². The van der Waals surface area contributed by atoms with Gasteiger partial charge in [-0.25, -0.2) is 14.7 Å². The van der Waals surface area contributed by atoms with Gasteiger partial charge in [0.1, 0.15) is 5.52 Å². The molecule has 0 bridgehead atoms. The SMILES string of the molecule is c1ccc2oc(CSC3=Nc4c(cnn4C4CCCCC4)CN3)nc2c1. The summed E-state index contributed by atoms with van der Waals surface area (Å²) in [7, 11) is 0. The molecular formula is C19H21N5OS. The first-order valence-electron chi connectivity index (χ1n) is 9.23. The molecular weight excluding hydrogens is 346 g/mol. The van der Waals surface area contributed by atoms with Gasteiger partial charge in [-0.2, -0.15) is 5.10 Å². The predicted octanol–water partition coefficient (Wildman–Crippen LogP) is 4.55. The summed E-state index contributed by atoms with van der Waals surface area (Å²) in [4.78, 5) is 9.38. The number of rotatable bonds is 3. The molecule has 0 radical (unpaired) electrons. The molecule has 26 heavy (non-hydrogen) atoms. The van der Waals surface area contributed by atoms with Crippen molar-refractivity contribution in [2.75, 3.05) is 0 Å². The van der Waals surface area contributed by atoms with Crippen molar-refractivity contribution in [2.45, 2.75) is 50.4 Å². The Morgan fingerprint density at radius 2 is 2.08 bits per heavy atom. The maximum Gasteiger partial charge on any atom is 0.205 e. The monoisotopic (exact) mass is 367 g/mol. The first kappa shape index (κ1) is 15.9. The van der Waals surface area contributed by atoms with Crippen LogP contribution in [0.4, 0.5) is 5.82 Å². The zero-order chi connectivity index (χ0) is 17.3. The van der Waals surface area contributed by atoms with Gasteiger partial charge in [-0.3, -0.25) is 0 Å². The van der Waals surface area contributed by atoms with Crippen LogP contribution in [0.3, 0.4) is 0 Å². The predicted molar refractivity (Wildman–Crippen MR) is 104 cm³/mol. The topological polar surface area (TPSA) is 68.2 Å². The number of benzene rings is 1. The van der Waals surface area contributed by atoms with Crippen LogP contribution < -0.4 is 5.32 Å². The highest BCUT2D eigenvalue weighted by Gasteiger charge is 2.23. The summed E-state index contributed by atoms with van der Waals surface area (Å²) in [5.74, 6) is 2.41. The van der Waals surface area contributed by atoms with Crippen LogP contribution in [0.25, 0.3) is 11.1 Å². The maximum absolute atomic E-state index is 5.80. The fourth-order valence-corrected chi connectivity index (χ4v) is 4.44. The number of para-hydroxylation sites is 2. The molecule has 0 spiro atoms. The molecule has 7 heteroatoms. The molecule has 3 heterocycles. The van der Waals surface area contributed by atoms with Crippen LogP contribution in [-0.4, -0.2) is 19.9 Å². The van der Waals surface area contributed by atoms with Gasteiger partial charge in [-0.15, -0.1) is 0 Å². The quantitative estimate of drug-likeness (QED) is 0.735. The van der Waals surface area contributed by atoms with E-state index in [1.807, 2.05) is 30.5 Å². The molecule has 0 unspecified atom stereocenters. The average Bonchev–Trinajstić information content (AvgIpc) is 3.30. The number of nitrogens with zero attached hydrogens (tertiary/aromatic N) is 4. The normalized spacial score (nSPS) is 17.8. The maximum atomic E-state index is 5.80. The van der Waals surface area contributed by atoms with Crippen molar-refractivity contribution in [2.24, 2.45) is 4.99 Å². The van der Waals surface area contributed by atoms with E-state index in [2.05, 4.69) is 20.1 Å². The molecule has 0 saturated heterocycles. The highest BCUT2D eigenvalue weighted by Crippen LogP contribution is 2.34. The summed E-state index contributed by atoms with van der Waals surface area (Å²) in [5, 5.41) is 8.93. The minimum absolute atomic E-state index is 0.498. The van der Waals surface area contributed by atoms with E-state index in [9.17, 15) is 0 Å². The van der Waals surface area contributed by atoms with E-state index < -0.39 is 0 Å². The lowest BCUT2D eigenvalue weighted by Gasteiger charge is -2.24. The van der Waals surface area contributed by atoms with Crippen molar-refractivity contribution in [1.29, 1.82) is 0 Å². The first-order chi connectivity index (χ1) is 12.9. The third kappa shape index (κ3) is 3.00. The molecule has 1 N–H and O–H groups in total. The molecule has 1 aromatic carbocycles. The molecule has 1 fully saturated rings. The highest BCUT2D eigenvalue weighted by atomic mass is 32.2. The van der Waals surface area contributed by atoms with Crippen LogP contribution in [0.5, 0.6) is 0 Å². The van der Waals surface area contributed by atoms with Crippen molar-refractivity contribution in [3.05, 3.63) is 41.9 Å². The number of nitrogens with one attached hydrogen (secondary N) is 1. The lowest BCUT2D eigenvalue weighted by molar-refractivity contribution is 0.332. The van der Waals surface area contributed by atoms with Crippen molar-refractivity contribution >= 4 is 33.8 Å². The fourth-order valence-electron chi connectivity index (χ4n) is 3.73. The van der Waals surface area contributed by atoms with E-state index in [0.717, 1.165) is 34.5 Å². The van der Waals surface area contributed by atoms with E-state index in [-0.39, 0.29) is 0 Å². The van der Waals surface area contributed by atoms with Crippen molar-refractivity contribution < 1.29 is 4.42 Å². The van der Waals surface area contributed by atoms with Gasteiger partial charge in [-0.05, 0) is 25.0 Å². The lowest BCUT2D eigenvalue weighted by atomic mass is 9.95. The van der Waals surface area contributed by atoms with Crippen LogP contribution in [0, 0.1) is 0 Å². The Morgan fingerprint density at radius 3 is 2.96 bits per heavy atom. The van der Waals surface area contributed by atoms with Crippen LogP contribution in [0.2, 0.25) is 0 Å². The fraction of sp³-hybridized carbons (Fsp3) is 0.421. The molecule has 0 amide bonds. The van der Waals surface area contributed by atoms with Crippen LogP contribution in [0.15, 0.2) is 39.9 Å². The molecule has 2 aromatic heterocycles. The molecule has 134 valence electrons. The molecule has 1 aliphatic heterocycles. The smallest absolute Gasteiger partial charge is 0.205 e. The van der Waals surface area contributed by atoms with Gasteiger partial charge in [0.2, 0.25) is 5.89 Å². The summed E-state index contributed by atoms with van der Waals surface area (Å²) in [6.45, 7) is 0.779. The highest BCUT2D eigenvalue weighted by molar-refractivity contribution is 8.13. The molecule has 1 aliphatic carbocycles. The van der Waals surface area contributed by atoms with E-state index in [1.165, 1.54) is 37.7 Å². The minimum Gasteiger partial charge on any atom is -0.440 e. The second kappa shape index (κ2) is 6.79. The third-order valence-corrected chi connectivity index (χ3v) is 5.97. The van der Waals surface area contributed by atoms with Gasteiger partial charge >= 0.3 is 0 Å². The van der Waals surface area contributed by atoms with Gasteiger partial charge in [-0.1, -0.05) is 43.2 Å². The molecule has 2 aliphatic rings. The summed E-state index contributed by atoms with van der Waals surface area (Å²) in [5.41, 5.74) is 2.92. The Labute approximate surface area is 156 Å². The summed E-state index contributed by atoms with van der Waals surface area (Å²) in [6, 6.07) is 8.35. The van der Waals surface area contributed by atoms with Crippen molar-refractivity contribution in [3.63, 3.8) is 0 Å². The minimum atomic E-state index is 0.498. The van der Waals surface area contributed by atoms with E-state index in [0.29, 0.717) is 11.8 Å². The summed E-state index contributed by atoms with van der Waals surface area (Å²) >= 11 is 1.63. The Bertz CT molecular complexity index is 921. The van der Waals surface area contributed by atoms with Gasteiger partial charge in [0, 0.05) is 12.1 Å². The molecule has 1 saturated carbocycles. The largest absolute Gasteiger partial charge is 0.440 e. The Morgan fingerprint density at radius 1 is 1.19 bits per heavy atom. The zero-order valence-electron chi connectivity index (χ0n) is 14.5. The van der Waals surface area contributed by atoms with Gasteiger partial charge in [0.15, 0.2) is 16.6 Å². The summed E-state index contributed by atoms with van der Waals surface area (Å²) in [6.07, 6.45) is 8.31. The van der Waals surface area contributed by atoms with Crippen LogP contribution >= 0.6 is 11.8 Å². The number of fused-ring (bicyclic) bond motifs is 2. The number of aromatic nitrogens is 3. The molecule has 3 aromatic rings. The van der Waals surface area contributed by atoms with Crippen LogP contribution in [0.1, 0.15) is 49.6 Å². The molecule has 5 rings (SSSR count). The van der Waals surface area contributed by atoms with E-state index in [4.69, 9.17) is 9.41 Å². The zero-order valence-corrected chi connectivity index (χ0v) is 15.3. The number of aliphatic imine (C=N–C) groups is 1. The van der Waals surface area contributed by atoms with Crippen molar-refractivity contribution in [1.82, 2.24) is 20.1 Å². The van der Waals surface area contributed by atoms with E-state index >= 15 is 0 Å². The number of oxazole rings is 1. The Hall–Kier alpha value is -2.28. The Kier molecular flexibility index (Phi) is 4.16. The van der Waals surface area contributed by atoms with Gasteiger partial charge < -0.3 is 9.73 Å². The summed E-state index contributed by atoms with van der Waals surface area (Å²) < 4.78 is 7.95. The standard InChI is InChI=1S/C19H21N5OS/c1-2-6-14(7-3-1)24-18-13(11-21-24)10-20-19(23-18)26-12-17-22-15-8-4-5-9-16(15)25-17/h4-5,8-9,11,14H,1-3,6-7,10,12H2,(H,20,23). The average molecular weight is 367 g/mol. The van der Waals surface area contributed by atoms with Crippen molar-refractivity contribution in [3.8, 4) is 0 Å². The number of thioether (sulfide) groups is 1. The number of amidine groups is 1. The molecule has 0 atom stereocenters. The lowest BCUT2D eigenvalue weighted by Crippen LogP contribution is -2.24.